The molecule has 0 saturated carbocycles. The van der Waals surface area contributed by atoms with Gasteiger partial charge in [0.1, 0.15) is 0 Å². The van der Waals surface area contributed by atoms with E-state index in [1.165, 1.54) is 10.6 Å². The van der Waals surface area contributed by atoms with Gasteiger partial charge in [-0.1, -0.05) is 11.6 Å². The third-order valence-electron chi connectivity index (χ3n) is 3.63. The topological polar surface area (TPSA) is 66.4 Å². The summed E-state index contributed by atoms with van der Waals surface area (Å²) in [5.74, 6) is 0. The molecule has 0 unspecified atom stereocenters. The molecule has 6 nitrogen and oxygen atoms in total. The average molecular weight is 327 g/mol. The lowest BCUT2D eigenvalue weighted by molar-refractivity contribution is 0.388. The van der Waals surface area contributed by atoms with E-state index < -0.39 is 10.0 Å². The van der Waals surface area contributed by atoms with E-state index >= 15 is 0 Å². The van der Waals surface area contributed by atoms with Crippen molar-refractivity contribution in [1.29, 1.82) is 0 Å². The highest BCUT2D eigenvalue weighted by Crippen LogP contribution is 2.27. The first-order valence-electron chi connectivity index (χ1n) is 6.56. The Bertz CT molecular complexity index is 773. The number of aromatic nitrogens is 2. The Morgan fingerprint density at radius 2 is 1.90 bits per heavy atom. The Morgan fingerprint density at radius 1 is 1.19 bits per heavy atom. The number of halogens is 1. The second kappa shape index (κ2) is 5.40. The summed E-state index contributed by atoms with van der Waals surface area (Å²) in [6.45, 7) is 2.20. The fraction of sp³-hybridized carbons (Fsp3) is 0.385. The summed E-state index contributed by atoms with van der Waals surface area (Å²) in [5, 5.41) is 9.69. The molecule has 0 N–H and O–H groups in total. The highest BCUT2D eigenvalue weighted by Gasteiger charge is 2.24. The minimum absolute atomic E-state index is 0.475. The molecule has 0 bridgehead atoms. The van der Waals surface area contributed by atoms with Crippen LogP contribution >= 0.6 is 11.6 Å². The molecule has 2 aromatic rings. The standard InChI is InChI=1S/C13H15ClN4O2S/c1-21(19,20)18-6-4-17(5-7-18)13-9-15-16-12-3-2-10(14)8-11(12)13/h2-3,8-9H,4-7H2,1H3. The molecule has 0 radical (unpaired) electrons. The van der Waals surface area contributed by atoms with Gasteiger partial charge < -0.3 is 4.90 Å². The van der Waals surface area contributed by atoms with Crippen LogP contribution in [0.2, 0.25) is 5.02 Å². The molecule has 0 atom stereocenters. The summed E-state index contributed by atoms with van der Waals surface area (Å²) in [5.41, 5.74) is 1.72. The van der Waals surface area contributed by atoms with E-state index in [1.807, 2.05) is 12.1 Å². The number of nitrogens with zero attached hydrogens (tertiary/aromatic N) is 4. The van der Waals surface area contributed by atoms with Crippen molar-refractivity contribution in [3.8, 4) is 0 Å². The van der Waals surface area contributed by atoms with Crippen LogP contribution in [0.5, 0.6) is 0 Å². The van der Waals surface area contributed by atoms with Gasteiger partial charge in [0, 0.05) is 36.6 Å². The minimum atomic E-state index is -3.12. The average Bonchev–Trinajstić information content (AvgIpc) is 2.46. The summed E-state index contributed by atoms with van der Waals surface area (Å²) in [6, 6.07) is 5.48. The lowest BCUT2D eigenvalue weighted by Crippen LogP contribution is -2.48. The third kappa shape index (κ3) is 2.95. The Morgan fingerprint density at radius 3 is 2.57 bits per heavy atom. The van der Waals surface area contributed by atoms with Crippen molar-refractivity contribution in [2.75, 3.05) is 37.3 Å². The van der Waals surface area contributed by atoms with Crippen LogP contribution < -0.4 is 4.90 Å². The van der Waals surface area contributed by atoms with Gasteiger partial charge in [-0.3, -0.25) is 0 Å². The number of sulfonamides is 1. The number of rotatable bonds is 2. The van der Waals surface area contributed by atoms with Crippen molar-refractivity contribution in [3.63, 3.8) is 0 Å². The van der Waals surface area contributed by atoms with Crippen molar-refractivity contribution < 1.29 is 8.42 Å². The van der Waals surface area contributed by atoms with E-state index in [1.54, 1.807) is 12.3 Å². The Balaban J connectivity index is 1.91. The zero-order valence-electron chi connectivity index (χ0n) is 11.5. The van der Waals surface area contributed by atoms with E-state index in [0.717, 1.165) is 16.6 Å². The van der Waals surface area contributed by atoms with Crippen LogP contribution in [-0.2, 0) is 10.0 Å². The molecule has 1 aromatic heterocycles. The second-order valence-electron chi connectivity index (χ2n) is 5.04. The highest BCUT2D eigenvalue weighted by atomic mass is 35.5. The molecule has 1 saturated heterocycles. The van der Waals surface area contributed by atoms with E-state index in [-0.39, 0.29) is 0 Å². The van der Waals surface area contributed by atoms with Gasteiger partial charge in [0.15, 0.2) is 0 Å². The lowest BCUT2D eigenvalue weighted by atomic mass is 10.2. The van der Waals surface area contributed by atoms with Gasteiger partial charge in [0.05, 0.1) is 23.7 Å². The van der Waals surface area contributed by atoms with Gasteiger partial charge in [0.2, 0.25) is 10.0 Å². The van der Waals surface area contributed by atoms with Crippen LogP contribution in [0.1, 0.15) is 0 Å². The highest BCUT2D eigenvalue weighted by molar-refractivity contribution is 7.88. The van der Waals surface area contributed by atoms with Crippen LogP contribution in [0.4, 0.5) is 5.69 Å². The minimum Gasteiger partial charge on any atom is -0.367 e. The molecule has 1 aromatic carbocycles. The number of hydrogen-bond donors (Lipinski definition) is 0. The number of anilines is 1. The van der Waals surface area contributed by atoms with E-state index in [0.29, 0.717) is 31.2 Å². The van der Waals surface area contributed by atoms with Crippen molar-refractivity contribution in [3.05, 3.63) is 29.4 Å². The van der Waals surface area contributed by atoms with Crippen LogP contribution in [-0.4, -0.2) is 55.4 Å². The molecule has 0 aliphatic carbocycles. The quantitative estimate of drug-likeness (QED) is 0.833. The van der Waals surface area contributed by atoms with Crippen LogP contribution in [0.25, 0.3) is 10.9 Å². The number of benzene rings is 1. The summed E-state index contributed by atoms with van der Waals surface area (Å²) < 4.78 is 24.6. The number of hydrogen-bond acceptors (Lipinski definition) is 5. The van der Waals surface area contributed by atoms with E-state index in [2.05, 4.69) is 15.1 Å². The smallest absolute Gasteiger partial charge is 0.211 e. The SMILES string of the molecule is CS(=O)(=O)N1CCN(c2cnnc3ccc(Cl)cc23)CC1. The molecular weight excluding hydrogens is 312 g/mol. The van der Waals surface area contributed by atoms with Gasteiger partial charge in [0.25, 0.3) is 0 Å². The molecular formula is C13H15ClN4O2S. The molecule has 1 aliphatic heterocycles. The first kappa shape index (κ1) is 14.5. The predicted octanol–water partition coefficient (Wildman–Crippen LogP) is 1.36. The zero-order valence-corrected chi connectivity index (χ0v) is 13.1. The maximum Gasteiger partial charge on any atom is 0.211 e. The Labute approximate surface area is 128 Å². The summed E-state index contributed by atoms with van der Waals surface area (Å²) in [4.78, 5) is 2.12. The Hall–Kier alpha value is -1.44. The van der Waals surface area contributed by atoms with Gasteiger partial charge in [-0.2, -0.15) is 14.5 Å². The van der Waals surface area contributed by atoms with E-state index in [4.69, 9.17) is 11.6 Å². The van der Waals surface area contributed by atoms with Crippen molar-refractivity contribution in [1.82, 2.24) is 14.5 Å². The fourth-order valence-corrected chi connectivity index (χ4v) is 3.53. The third-order valence-corrected chi connectivity index (χ3v) is 5.17. The van der Waals surface area contributed by atoms with Gasteiger partial charge in [-0.05, 0) is 18.2 Å². The first-order valence-corrected chi connectivity index (χ1v) is 8.79. The normalized spacial score (nSPS) is 17.3. The molecule has 1 aliphatic rings. The monoisotopic (exact) mass is 326 g/mol. The molecule has 2 heterocycles. The molecule has 21 heavy (non-hydrogen) atoms. The van der Waals surface area contributed by atoms with Crippen LogP contribution in [0.15, 0.2) is 24.4 Å². The Kier molecular flexibility index (Phi) is 3.73. The molecule has 3 rings (SSSR count). The maximum absolute atomic E-state index is 11.6. The molecule has 0 spiro atoms. The number of piperazine rings is 1. The molecule has 1 fully saturated rings. The first-order chi connectivity index (χ1) is 9.95. The lowest BCUT2D eigenvalue weighted by Gasteiger charge is -2.34. The van der Waals surface area contributed by atoms with Crippen molar-refractivity contribution in [2.45, 2.75) is 0 Å². The molecule has 0 amide bonds. The summed E-state index contributed by atoms with van der Waals surface area (Å²) in [7, 11) is -3.12. The maximum atomic E-state index is 11.6. The summed E-state index contributed by atoms with van der Waals surface area (Å²) >= 11 is 6.06. The van der Waals surface area contributed by atoms with Gasteiger partial charge in [-0.25, -0.2) is 8.42 Å². The van der Waals surface area contributed by atoms with Gasteiger partial charge >= 0.3 is 0 Å². The largest absolute Gasteiger partial charge is 0.367 e. The number of fused-ring (bicyclic) bond motifs is 1. The van der Waals surface area contributed by atoms with Crippen LogP contribution in [0.3, 0.4) is 0 Å². The van der Waals surface area contributed by atoms with Gasteiger partial charge in [-0.15, -0.1) is 0 Å². The molecule has 8 heteroatoms. The molecule has 112 valence electrons. The van der Waals surface area contributed by atoms with E-state index in [9.17, 15) is 8.42 Å². The van der Waals surface area contributed by atoms with Crippen molar-refractivity contribution in [2.24, 2.45) is 0 Å². The summed E-state index contributed by atoms with van der Waals surface area (Å²) in [6.07, 6.45) is 2.95. The van der Waals surface area contributed by atoms with Crippen LogP contribution in [0, 0.1) is 0 Å². The second-order valence-corrected chi connectivity index (χ2v) is 7.46. The zero-order chi connectivity index (χ0) is 15.0. The van der Waals surface area contributed by atoms with Crippen molar-refractivity contribution >= 4 is 38.2 Å². The fourth-order valence-electron chi connectivity index (χ4n) is 2.53. The predicted molar refractivity (Wildman–Crippen MR) is 83.2 cm³/mol.